The van der Waals surface area contributed by atoms with Crippen LogP contribution in [0.2, 0.25) is 5.02 Å². The lowest BCUT2D eigenvalue weighted by Gasteiger charge is -2.46. The van der Waals surface area contributed by atoms with Gasteiger partial charge in [-0.25, -0.2) is 22.7 Å². The Bertz CT molecular complexity index is 1460. The van der Waals surface area contributed by atoms with Crippen molar-refractivity contribution in [2.75, 3.05) is 24.4 Å². The van der Waals surface area contributed by atoms with Crippen LogP contribution in [-0.4, -0.2) is 39.6 Å². The summed E-state index contributed by atoms with van der Waals surface area (Å²) in [4.78, 5) is 25.9. The Morgan fingerprint density at radius 3 is 2.39 bits per heavy atom. The molecule has 38 heavy (non-hydrogen) atoms. The third-order valence-electron chi connectivity index (χ3n) is 6.29. The van der Waals surface area contributed by atoms with Gasteiger partial charge in [0.25, 0.3) is 0 Å². The number of methoxy groups -OCH3 is 1. The normalized spacial score (nSPS) is 18.8. The maximum Gasteiger partial charge on any atom is 0.320 e. The molecule has 0 aliphatic heterocycles. The van der Waals surface area contributed by atoms with E-state index in [1.807, 2.05) is 0 Å². The number of carbonyl (C=O) groups is 2. The number of anilines is 2. The van der Waals surface area contributed by atoms with Crippen molar-refractivity contribution in [3.05, 3.63) is 77.6 Å². The number of nitrogens with two attached hydrogens (primary N) is 1. The zero-order valence-electron chi connectivity index (χ0n) is 20.3. The highest BCUT2D eigenvalue weighted by molar-refractivity contribution is 7.89. The topological polar surface area (TPSA) is 140 Å². The van der Waals surface area contributed by atoms with Crippen LogP contribution in [0.4, 0.5) is 20.6 Å². The number of amides is 3. The Kier molecular flexibility index (Phi) is 8.02. The first-order chi connectivity index (χ1) is 18.0. The van der Waals surface area contributed by atoms with Crippen molar-refractivity contribution in [3.8, 4) is 11.1 Å². The van der Waals surface area contributed by atoms with E-state index < -0.39 is 33.3 Å². The highest BCUT2D eigenvalue weighted by atomic mass is 35.5. The van der Waals surface area contributed by atoms with Gasteiger partial charge in [-0.1, -0.05) is 35.9 Å². The van der Waals surface area contributed by atoms with E-state index in [0.717, 1.165) is 6.07 Å². The summed E-state index contributed by atoms with van der Waals surface area (Å²) in [6, 6.07) is 15.7. The average Bonchev–Trinajstić information content (AvgIpc) is 2.84. The number of sulfonamides is 1. The largest absolute Gasteiger partial charge is 0.384 e. The van der Waals surface area contributed by atoms with Gasteiger partial charge in [0.1, 0.15) is 11.4 Å². The lowest BCUT2D eigenvalue weighted by Crippen LogP contribution is -2.65. The van der Waals surface area contributed by atoms with Crippen LogP contribution in [0.25, 0.3) is 11.1 Å². The van der Waals surface area contributed by atoms with Gasteiger partial charge in [0, 0.05) is 30.0 Å². The van der Waals surface area contributed by atoms with Gasteiger partial charge < -0.3 is 20.7 Å². The molecule has 0 radical (unpaired) electrons. The fourth-order valence-electron chi connectivity index (χ4n) is 4.52. The van der Waals surface area contributed by atoms with Gasteiger partial charge in [-0.2, -0.15) is 0 Å². The van der Waals surface area contributed by atoms with Crippen molar-refractivity contribution in [2.24, 2.45) is 11.1 Å². The summed E-state index contributed by atoms with van der Waals surface area (Å²) in [6.45, 7) is 0.405. The molecule has 3 aromatic rings. The maximum atomic E-state index is 15.1. The molecule has 9 nitrogen and oxygen atoms in total. The second kappa shape index (κ2) is 11.1. The second-order valence-electron chi connectivity index (χ2n) is 9.09. The molecule has 3 aromatic carbocycles. The van der Waals surface area contributed by atoms with Crippen LogP contribution in [0.15, 0.2) is 71.6 Å². The standard InChI is InChI=1S/C26H26ClFN4O5S/c1-37-15-16-13-26(14-16,32-25(34)30-19-9-7-18(27)8-10-19)24(33)31-22-11-6-17(12-21(22)28)20-4-2-3-5-23(20)38(29,35)36/h2-12,16H,13-15H2,1H3,(H,31,33)(H2,29,35,36)(H2,30,32,34). The van der Waals surface area contributed by atoms with Crippen molar-refractivity contribution in [1.82, 2.24) is 5.32 Å². The number of carbonyl (C=O) groups excluding carboxylic acids is 2. The highest BCUT2D eigenvalue weighted by Crippen LogP contribution is 2.39. The molecule has 3 amide bonds. The molecule has 0 atom stereocenters. The van der Waals surface area contributed by atoms with E-state index in [9.17, 15) is 18.0 Å². The molecular formula is C26H26ClFN4O5S. The van der Waals surface area contributed by atoms with Crippen molar-refractivity contribution in [2.45, 2.75) is 23.3 Å². The first kappa shape index (κ1) is 27.5. The van der Waals surface area contributed by atoms with Crippen LogP contribution in [0.5, 0.6) is 0 Å². The SMILES string of the molecule is COCC1CC(NC(=O)Nc2ccc(Cl)cc2)(C(=O)Nc2ccc(-c3ccccc3S(N)(=O)=O)cc2F)C1. The van der Waals surface area contributed by atoms with Crippen LogP contribution in [0.3, 0.4) is 0 Å². The molecule has 1 fully saturated rings. The quantitative estimate of drug-likeness (QED) is 0.324. The molecule has 1 aliphatic carbocycles. The van der Waals surface area contributed by atoms with E-state index in [2.05, 4.69) is 16.0 Å². The zero-order chi connectivity index (χ0) is 27.5. The zero-order valence-corrected chi connectivity index (χ0v) is 21.9. The van der Waals surface area contributed by atoms with Gasteiger partial charge in [0.15, 0.2) is 0 Å². The number of halogens is 2. The Morgan fingerprint density at radius 1 is 1.08 bits per heavy atom. The second-order valence-corrected chi connectivity index (χ2v) is 11.1. The third kappa shape index (κ3) is 6.13. The fraction of sp³-hybridized carbons (Fsp3) is 0.231. The molecule has 0 spiro atoms. The number of rotatable bonds is 8. The van der Waals surface area contributed by atoms with Crippen LogP contribution in [0.1, 0.15) is 12.8 Å². The maximum absolute atomic E-state index is 15.1. The first-order valence-corrected chi connectivity index (χ1v) is 13.5. The summed E-state index contributed by atoms with van der Waals surface area (Å²) in [5.74, 6) is -1.34. The number of benzene rings is 3. The Labute approximate surface area is 224 Å². The van der Waals surface area contributed by atoms with E-state index in [1.54, 1.807) is 37.4 Å². The van der Waals surface area contributed by atoms with E-state index in [1.165, 1.54) is 30.3 Å². The molecule has 4 rings (SSSR count). The van der Waals surface area contributed by atoms with E-state index >= 15 is 4.39 Å². The third-order valence-corrected chi connectivity index (χ3v) is 7.51. The fourth-order valence-corrected chi connectivity index (χ4v) is 5.40. The predicted molar refractivity (Wildman–Crippen MR) is 143 cm³/mol. The van der Waals surface area contributed by atoms with Gasteiger partial charge in [0.2, 0.25) is 15.9 Å². The molecule has 0 aromatic heterocycles. The molecule has 1 saturated carbocycles. The van der Waals surface area contributed by atoms with Crippen LogP contribution >= 0.6 is 11.6 Å². The van der Waals surface area contributed by atoms with Crippen molar-refractivity contribution in [1.29, 1.82) is 0 Å². The van der Waals surface area contributed by atoms with Crippen LogP contribution in [0, 0.1) is 11.7 Å². The Hall–Kier alpha value is -3.51. The Balaban J connectivity index is 1.53. The summed E-state index contributed by atoms with van der Waals surface area (Å²) in [5.41, 5.74) is -0.433. The van der Waals surface area contributed by atoms with Gasteiger partial charge >= 0.3 is 6.03 Å². The minimum atomic E-state index is -4.04. The summed E-state index contributed by atoms with van der Waals surface area (Å²) >= 11 is 5.88. The summed E-state index contributed by atoms with van der Waals surface area (Å²) in [7, 11) is -2.49. The number of nitrogens with one attached hydrogen (secondary N) is 3. The molecular weight excluding hydrogens is 535 g/mol. The van der Waals surface area contributed by atoms with E-state index in [0.29, 0.717) is 30.2 Å². The molecule has 1 aliphatic rings. The number of urea groups is 1. The van der Waals surface area contributed by atoms with Gasteiger partial charge in [-0.05, 0) is 66.8 Å². The van der Waals surface area contributed by atoms with Crippen LogP contribution < -0.4 is 21.1 Å². The summed E-state index contributed by atoms with van der Waals surface area (Å²) in [5, 5.41) is 13.7. The molecule has 200 valence electrons. The van der Waals surface area contributed by atoms with Crippen molar-refractivity contribution < 1.29 is 27.1 Å². The van der Waals surface area contributed by atoms with Crippen LogP contribution in [-0.2, 0) is 19.6 Å². The minimum absolute atomic E-state index is 0.0310. The smallest absolute Gasteiger partial charge is 0.320 e. The highest BCUT2D eigenvalue weighted by Gasteiger charge is 2.51. The Morgan fingerprint density at radius 2 is 1.76 bits per heavy atom. The monoisotopic (exact) mass is 560 g/mol. The lowest BCUT2D eigenvalue weighted by molar-refractivity contribution is -0.128. The molecule has 0 heterocycles. The molecule has 0 saturated heterocycles. The van der Waals surface area contributed by atoms with Gasteiger partial charge in [-0.3, -0.25) is 4.79 Å². The summed E-state index contributed by atoms with van der Waals surface area (Å²) < 4.78 is 44.1. The number of hydrogen-bond acceptors (Lipinski definition) is 5. The predicted octanol–water partition coefficient (Wildman–Crippen LogP) is 4.35. The molecule has 5 N–H and O–H groups in total. The minimum Gasteiger partial charge on any atom is -0.384 e. The molecule has 12 heteroatoms. The first-order valence-electron chi connectivity index (χ1n) is 11.6. The summed E-state index contributed by atoms with van der Waals surface area (Å²) in [6.07, 6.45) is 0.588. The average molecular weight is 561 g/mol. The number of ether oxygens (including phenoxy) is 1. The van der Waals surface area contributed by atoms with E-state index in [-0.39, 0.29) is 27.6 Å². The molecule has 0 unspecified atom stereocenters. The van der Waals surface area contributed by atoms with Gasteiger partial charge in [-0.15, -0.1) is 0 Å². The number of primary sulfonamides is 1. The lowest BCUT2D eigenvalue weighted by atomic mass is 9.68. The molecule has 0 bridgehead atoms. The van der Waals surface area contributed by atoms with E-state index in [4.69, 9.17) is 21.5 Å². The van der Waals surface area contributed by atoms with Gasteiger partial charge in [0.05, 0.1) is 10.6 Å². The van der Waals surface area contributed by atoms with Crippen molar-refractivity contribution >= 4 is 44.9 Å². The number of hydrogen-bond donors (Lipinski definition) is 4. The van der Waals surface area contributed by atoms with Crippen molar-refractivity contribution in [3.63, 3.8) is 0 Å².